The summed E-state index contributed by atoms with van der Waals surface area (Å²) in [7, 11) is 0. The summed E-state index contributed by atoms with van der Waals surface area (Å²) >= 11 is 0. The number of anilines is 1. The molecule has 1 atom stereocenters. The maximum atomic E-state index is 9.41. The van der Waals surface area contributed by atoms with Crippen LogP contribution in [0.4, 0.5) is 6.01 Å². The predicted octanol–water partition coefficient (Wildman–Crippen LogP) is 3.10. The molecule has 0 radical (unpaired) electrons. The molecule has 2 N–H and O–H groups in total. The molecule has 4 heteroatoms. The molecule has 1 saturated carbocycles. The van der Waals surface area contributed by atoms with Crippen molar-refractivity contribution >= 4 is 17.1 Å². The topological polar surface area (TPSA) is 58.3 Å². The first-order valence-corrected chi connectivity index (χ1v) is 6.97. The Labute approximate surface area is 112 Å². The fourth-order valence-corrected chi connectivity index (χ4v) is 2.77. The van der Waals surface area contributed by atoms with Crippen LogP contribution in [0.2, 0.25) is 0 Å². The second kappa shape index (κ2) is 4.85. The number of oxazole rings is 1. The van der Waals surface area contributed by atoms with Gasteiger partial charge < -0.3 is 14.8 Å². The van der Waals surface area contributed by atoms with E-state index in [9.17, 15) is 5.11 Å². The van der Waals surface area contributed by atoms with E-state index in [0.717, 1.165) is 30.4 Å². The first kappa shape index (κ1) is 12.5. The van der Waals surface area contributed by atoms with Crippen LogP contribution >= 0.6 is 0 Å². The van der Waals surface area contributed by atoms with E-state index in [1.54, 1.807) is 0 Å². The lowest BCUT2D eigenvalue weighted by Gasteiger charge is -2.37. The third kappa shape index (κ3) is 2.45. The number of aromatic nitrogens is 1. The quantitative estimate of drug-likeness (QED) is 0.887. The minimum absolute atomic E-state index is 0.118. The van der Waals surface area contributed by atoms with E-state index in [0.29, 0.717) is 18.0 Å². The van der Waals surface area contributed by atoms with E-state index < -0.39 is 0 Å². The summed E-state index contributed by atoms with van der Waals surface area (Å²) in [5.41, 5.74) is 2.89. The molecule has 1 aliphatic carbocycles. The molecule has 0 unspecified atom stereocenters. The molecule has 2 aromatic rings. The molecule has 1 aromatic carbocycles. The van der Waals surface area contributed by atoms with Gasteiger partial charge in [0.2, 0.25) is 0 Å². The average molecular weight is 260 g/mol. The molecule has 0 saturated heterocycles. The Morgan fingerprint density at radius 2 is 2.26 bits per heavy atom. The number of aliphatic hydroxyl groups is 1. The van der Waals surface area contributed by atoms with Crippen LogP contribution in [0.3, 0.4) is 0 Å². The number of aliphatic hydroxyl groups excluding tert-OH is 1. The smallest absolute Gasteiger partial charge is 0.295 e. The van der Waals surface area contributed by atoms with Crippen LogP contribution in [0.5, 0.6) is 0 Å². The van der Waals surface area contributed by atoms with Gasteiger partial charge in [0.25, 0.3) is 6.01 Å². The summed E-state index contributed by atoms with van der Waals surface area (Å²) in [6.45, 7) is 4.20. The van der Waals surface area contributed by atoms with Crippen molar-refractivity contribution in [3.8, 4) is 0 Å². The zero-order chi connectivity index (χ0) is 13.4. The van der Waals surface area contributed by atoms with Crippen molar-refractivity contribution in [3.05, 3.63) is 23.8 Å². The van der Waals surface area contributed by atoms with Crippen molar-refractivity contribution in [2.45, 2.75) is 45.3 Å². The number of hydrogen-bond acceptors (Lipinski definition) is 4. The summed E-state index contributed by atoms with van der Waals surface area (Å²) in [6, 6.07) is 6.93. The number of nitrogens with one attached hydrogen (secondary N) is 1. The second-order valence-corrected chi connectivity index (χ2v) is 5.53. The lowest BCUT2D eigenvalue weighted by molar-refractivity contribution is 0.0333. The zero-order valence-electron chi connectivity index (χ0n) is 11.4. The van der Waals surface area contributed by atoms with Gasteiger partial charge in [0, 0.05) is 6.04 Å². The molecular formula is C15H20N2O2. The average Bonchev–Trinajstić information content (AvgIpc) is 2.74. The third-order valence-electron chi connectivity index (χ3n) is 4.01. The second-order valence-electron chi connectivity index (χ2n) is 5.53. The fraction of sp³-hybridized carbons (Fsp3) is 0.533. The molecule has 102 valence electrons. The molecular weight excluding hydrogens is 240 g/mol. The highest BCUT2D eigenvalue weighted by Gasteiger charge is 2.33. The number of benzene rings is 1. The van der Waals surface area contributed by atoms with Crippen LogP contribution in [-0.2, 0) is 0 Å². The van der Waals surface area contributed by atoms with Crippen LogP contribution in [0, 0.1) is 12.8 Å². The van der Waals surface area contributed by atoms with Gasteiger partial charge in [-0.05, 0) is 49.8 Å². The lowest BCUT2D eigenvalue weighted by atomic mass is 9.76. The standard InChI is InChI=1S/C15H20N2O2/c1-3-12(10-7-11(18)8-10)16-15-17-13-6-9(2)4-5-14(13)19-15/h4-6,10-12,18H,3,7-8H2,1-2H3,(H,16,17)/t10?,11?,12-/m0/s1. The number of rotatable bonds is 4. The maximum absolute atomic E-state index is 9.41. The van der Waals surface area contributed by atoms with E-state index in [4.69, 9.17) is 4.42 Å². The van der Waals surface area contributed by atoms with Crippen molar-refractivity contribution in [2.24, 2.45) is 5.92 Å². The van der Waals surface area contributed by atoms with Crippen LogP contribution in [-0.4, -0.2) is 22.2 Å². The van der Waals surface area contributed by atoms with E-state index in [1.165, 1.54) is 5.56 Å². The molecule has 0 spiro atoms. The van der Waals surface area contributed by atoms with Gasteiger partial charge in [-0.15, -0.1) is 0 Å². The van der Waals surface area contributed by atoms with E-state index >= 15 is 0 Å². The Kier molecular flexibility index (Phi) is 3.19. The number of aryl methyl sites for hydroxylation is 1. The lowest BCUT2D eigenvalue weighted by Crippen LogP contribution is -2.40. The molecule has 1 aromatic heterocycles. The van der Waals surface area contributed by atoms with E-state index in [-0.39, 0.29) is 6.10 Å². The first-order valence-electron chi connectivity index (χ1n) is 6.97. The van der Waals surface area contributed by atoms with Gasteiger partial charge in [0.1, 0.15) is 5.52 Å². The SMILES string of the molecule is CC[C@H](Nc1nc2cc(C)ccc2o1)C1CC(O)C1. The van der Waals surface area contributed by atoms with Gasteiger partial charge in [-0.25, -0.2) is 0 Å². The molecule has 0 bridgehead atoms. The van der Waals surface area contributed by atoms with Gasteiger partial charge in [0.15, 0.2) is 5.58 Å². The number of nitrogens with zero attached hydrogens (tertiary/aromatic N) is 1. The maximum Gasteiger partial charge on any atom is 0.295 e. The summed E-state index contributed by atoms with van der Waals surface area (Å²) < 4.78 is 5.72. The van der Waals surface area contributed by atoms with Gasteiger partial charge in [0.05, 0.1) is 6.10 Å². The molecule has 3 rings (SSSR count). The Morgan fingerprint density at radius 1 is 1.47 bits per heavy atom. The Morgan fingerprint density at radius 3 is 2.95 bits per heavy atom. The van der Waals surface area contributed by atoms with Crippen molar-refractivity contribution in [3.63, 3.8) is 0 Å². The van der Waals surface area contributed by atoms with Crippen molar-refractivity contribution < 1.29 is 9.52 Å². The molecule has 4 nitrogen and oxygen atoms in total. The summed E-state index contributed by atoms with van der Waals surface area (Å²) in [6.07, 6.45) is 2.65. The van der Waals surface area contributed by atoms with Gasteiger partial charge in [-0.1, -0.05) is 13.0 Å². The minimum Gasteiger partial charge on any atom is -0.424 e. The van der Waals surface area contributed by atoms with Crippen LogP contribution < -0.4 is 5.32 Å². The molecule has 0 aliphatic heterocycles. The summed E-state index contributed by atoms with van der Waals surface area (Å²) in [4.78, 5) is 4.48. The van der Waals surface area contributed by atoms with Crippen molar-refractivity contribution in [2.75, 3.05) is 5.32 Å². The summed E-state index contributed by atoms with van der Waals surface area (Å²) in [5, 5.41) is 12.8. The molecule has 19 heavy (non-hydrogen) atoms. The highest BCUT2D eigenvalue weighted by atomic mass is 16.4. The summed E-state index contributed by atoms with van der Waals surface area (Å²) in [5.74, 6) is 0.525. The first-order chi connectivity index (χ1) is 9.15. The highest BCUT2D eigenvalue weighted by Crippen LogP contribution is 2.33. The predicted molar refractivity (Wildman–Crippen MR) is 75.2 cm³/mol. The minimum atomic E-state index is -0.118. The van der Waals surface area contributed by atoms with Crippen LogP contribution in [0.15, 0.2) is 22.6 Å². The van der Waals surface area contributed by atoms with E-state index in [1.807, 2.05) is 25.1 Å². The van der Waals surface area contributed by atoms with Crippen molar-refractivity contribution in [1.82, 2.24) is 4.98 Å². The van der Waals surface area contributed by atoms with Gasteiger partial charge in [-0.2, -0.15) is 4.98 Å². The molecule has 1 aliphatic rings. The van der Waals surface area contributed by atoms with Crippen molar-refractivity contribution in [1.29, 1.82) is 0 Å². The van der Waals surface area contributed by atoms with Crippen LogP contribution in [0.25, 0.3) is 11.1 Å². The normalized spacial score (nSPS) is 24.2. The highest BCUT2D eigenvalue weighted by molar-refractivity contribution is 5.75. The van der Waals surface area contributed by atoms with E-state index in [2.05, 4.69) is 17.2 Å². The zero-order valence-corrected chi connectivity index (χ0v) is 11.4. The Bertz CT molecular complexity index is 573. The monoisotopic (exact) mass is 260 g/mol. The molecule has 1 heterocycles. The molecule has 0 amide bonds. The number of fused-ring (bicyclic) bond motifs is 1. The molecule has 1 fully saturated rings. The number of hydrogen-bond donors (Lipinski definition) is 2. The Balaban J connectivity index is 1.76. The Hall–Kier alpha value is -1.55. The largest absolute Gasteiger partial charge is 0.424 e. The fourth-order valence-electron chi connectivity index (χ4n) is 2.77. The third-order valence-corrected chi connectivity index (χ3v) is 4.01. The van der Waals surface area contributed by atoms with Gasteiger partial charge in [-0.3, -0.25) is 0 Å². The van der Waals surface area contributed by atoms with Gasteiger partial charge >= 0.3 is 0 Å². The van der Waals surface area contributed by atoms with Crippen LogP contribution in [0.1, 0.15) is 31.7 Å².